The first kappa shape index (κ1) is 20.9. The quantitative estimate of drug-likeness (QED) is 0.345. The van der Waals surface area contributed by atoms with Crippen molar-refractivity contribution in [1.29, 1.82) is 0 Å². The van der Waals surface area contributed by atoms with Crippen molar-refractivity contribution in [2.45, 2.75) is 51.4 Å². The number of carbonyl (C=O) groups excluding carboxylic acids is 2. The van der Waals surface area contributed by atoms with E-state index in [1.54, 1.807) is 0 Å². The number of amides is 2. The topological polar surface area (TPSA) is 58.2 Å². The number of carbonyl (C=O) groups is 2. The summed E-state index contributed by atoms with van der Waals surface area (Å²) in [5.74, 6) is 0.231. The van der Waals surface area contributed by atoms with E-state index in [4.69, 9.17) is 0 Å². The van der Waals surface area contributed by atoms with Gasteiger partial charge in [-0.1, -0.05) is 25.7 Å². The second-order valence-electron chi connectivity index (χ2n) is 7.72. The maximum absolute atomic E-state index is 11.6. The molecule has 0 bridgehead atoms. The second-order valence-corrected chi connectivity index (χ2v) is 7.72. The van der Waals surface area contributed by atoms with Gasteiger partial charge in [-0.2, -0.15) is 0 Å². The van der Waals surface area contributed by atoms with Crippen LogP contribution in [0.1, 0.15) is 51.4 Å². The summed E-state index contributed by atoms with van der Waals surface area (Å²) < 4.78 is 0.933. The predicted octanol–water partition coefficient (Wildman–Crippen LogP) is 1.58. The van der Waals surface area contributed by atoms with E-state index >= 15 is 0 Å². The normalized spacial score (nSPS) is 12.1. The van der Waals surface area contributed by atoms with Crippen LogP contribution in [0.4, 0.5) is 0 Å². The van der Waals surface area contributed by atoms with Gasteiger partial charge in [0.05, 0.1) is 42.3 Å². The molecule has 0 aromatic heterocycles. The Labute approximate surface area is 136 Å². The molecule has 2 amide bonds. The molecule has 0 spiro atoms. The monoisotopic (exact) mass is 316 g/mol. The van der Waals surface area contributed by atoms with Crippen molar-refractivity contribution in [3.05, 3.63) is 0 Å². The Morgan fingerprint density at radius 2 is 0.864 bits per heavy atom. The van der Waals surface area contributed by atoms with Gasteiger partial charge in [0.15, 0.2) is 0 Å². The Bertz CT molecular complexity index is 309. The molecule has 0 aliphatic rings. The molecule has 0 aromatic carbocycles. The molecule has 0 saturated heterocycles. The van der Waals surface area contributed by atoms with Crippen molar-refractivity contribution in [2.24, 2.45) is 0 Å². The molecule has 0 unspecified atom stereocenters. The third-order valence-electron chi connectivity index (χ3n) is 2.98. The molecule has 130 valence electrons. The van der Waals surface area contributed by atoms with Gasteiger partial charge >= 0.3 is 0 Å². The van der Waals surface area contributed by atoms with E-state index in [-0.39, 0.29) is 11.8 Å². The first-order chi connectivity index (χ1) is 9.99. The van der Waals surface area contributed by atoms with Crippen molar-refractivity contribution in [3.63, 3.8) is 0 Å². The number of unbranched alkanes of at least 4 members (excludes halogenated alkanes) is 5. The van der Waals surface area contributed by atoms with Crippen molar-refractivity contribution < 1.29 is 18.8 Å². The van der Waals surface area contributed by atoms with E-state index in [0.717, 1.165) is 38.5 Å². The van der Waals surface area contributed by atoms with Crippen LogP contribution in [-0.4, -0.2) is 63.3 Å². The zero-order chi connectivity index (χ0) is 17.2. The third-order valence-corrected chi connectivity index (χ3v) is 2.98. The van der Waals surface area contributed by atoms with Gasteiger partial charge < -0.3 is 0 Å². The van der Waals surface area contributed by atoms with Crippen LogP contribution in [0.3, 0.4) is 0 Å². The molecule has 0 fully saturated rings. The summed E-state index contributed by atoms with van der Waals surface area (Å²) in [6.07, 6.45) is 7.50. The Hall–Kier alpha value is -1.14. The second kappa shape index (κ2) is 9.79. The van der Waals surface area contributed by atoms with Gasteiger partial charge in [0.25, 0.3) is 11.8 Å². The molecule has 22 heavy (non-hydrogen) atoms. The fourth-order valence-electron chi connectivity index (χ4n) is 2.14. The van der Waals surface area contributed by atoms with Crippen LogP contribution in [0.5, 0.6) is 0 Å². The van der Waals surface area contributed by atoms with Gasteiger partial charge in [-0.25, -0.2) is 20.0 Å². The average molecular weight is 316 g/mol. The van der Waals surface area contributed by atoms with E-state index < -0.39 is 0 Å². The van der Waals surface area contributed by atoms with Crippen LogP contribution in [0.2, 0.25) is 0 Å². The summed E-state index contributed by atoms with van der Waals surface area (Å²) in [7, 11) is 11.6. The fraction of sp³-hybridized carbons (Fsp3) is 0.875. The predicted molar refractivity (Wildman–Crippen MR) is 89.3 cm³/mol. The minimum absolute atomic E-state index is 0.115. The summed E-state index contributed by atoms with van der Waals surface area (Å²) in [5.41, 5.74) is 5.83. The molecule has 0 heterocycles. The van der Waals surface area contributed by atoms with Crippen LogP contribution >= 0.6 is 0 Å². The lowest BCUT2D eigenvalue weighted by molar-refractivity contribution is -0.906. The molecule has 6 heteroatoms. The number of hydrogen-bond donors (Lipinski definition) is 2. The standard InChI is InChI=1S/C16H34N4O2/c1-19(2,3)17-15(21)13-11-9-7-8-10-12-14-16(22)18-20(4,5)6/h7-14H2,1-6H3/p+2. The highest BCUT2D eigenvalue weighted by molar-refractivity contribution is 5.74. The highest BCUT2D eigenvalue weighted by atomic mass is 16.2. The number of nitrogens with zero attached hydrogens (tertiary/aromatic N) is 2. The van der Waals surface area contributed by atoms with Crippen LogP contribution < -0.4 is 10.9 Å². The summed E-state index contributed by atoms with van der Waals surface area (Å²) in [6, 6.07) is 0. The molecule has 0 aromatic rings. The largest absolute Gasteiger partial charge is 0.270 e. The highest BCUT2D eigenvalue weighted by Gasteiger charge is 2.12. The number of nitrogens with one attached hydrogen (secondary N) is 2. The van der Waals surface area contributed by atoms with Crippen LogP contribution in [0.15, 0.2) is 0 Å². The summed E-state index contributed by atoms with van der Waals surface area (Å²) in [5, 5.41) is 0. The van der Waals surface area contributed by atoms with Gasteiger partial charge in [-0.3, -0.25) is 9.59 Å². The van der Waals surface area contributed by atoms with E-state index in [0.29, 0.717) is 22.0 Å². The van der Waals surface area contributed by atoms with Gasteiger partial charge in [-0.05, 0) is 12.8 Å². The summed E-state index contributed by atoms with van der Waals surface area (Å²) in [4.78, 5) is 23.2. The number of rotatable bonds is 11. The van der Waals surface area contributed by atoms with E-state index in [9.17, 15) is 9.59 Å². The first-order valence-electron chi connectivity index (χ1n) is 8.25. The van der Waals surface area contributed by atoms with Gasteiger partial charge in [0, 0.05) is 12.8 Å². The average Bonchev–Trinajstić information content (AvgIpc) is 2.27. The van der Waals surface area contributed by atoms with E-state index in [1.807, 2.05) is 42.3 Å². The number of quaternary nitrogens is 2. The Morgan fingerprint density at radius 3 is 1.14 bits per heavy atom. The fourth-order valence-corrected chi connectivity index (χ4v) is 2.14. The summed E-state index contributed by atoms with van der Waals surface area (Å²) >= 11 is 0. The molecule has 2 N–H and O–H groups in total. The molecule has 6 nitrogen and oxygen atoms in total. The molecular formula is C16H36N4O2+2. The molecule has 0 aliphatic heterocycles. The molecule has 0 radical (unpaired) electrons. The lowest BCUT2D eigenvalue weighted by atomic mass is 10.1. The molecular weight excluding hydrogens is 280 g/mol. The Morgan fingerprint density at radius 1 is 0.591 bits per heavy atom. The zero-order valence-electron chi connectivity index (χ0n) is 15.4. The van der Waals surface area contributed by atoms with Crippen molar-refractivity contribution >= 4 is 11.8 Å². The molecule has 0 atom stereocenters. The van der Waals surface area contributed by atoms with E-state index in [1.165, 1.54) is 0 Å². The lowest BCUT2D eigenvalue weighted by Gasteiger charge is -2.23. The minimum atomic E-state index is 0.115. The zero-order valence-corrected chi connectivity index (χ0v) is 15.4. The minimum Gasteiger partial charge on any atom is -0.270 e. The van der Waals surface area contributed by atoms with Crippen molar-refractivity contribution in [1.82, 2.24) is 10.9 Å². The smallest absolute Gasteiger partial charge is 0.264 e. The number of hydrogen-bond acceptors (Lipinski definition) is 2. The van der Waals surface area contributed by atoms with Gasteiger partial charge in [0.1, 0.15) is 0 Å². The first-order valence-corrected chi connectivity index (χ1v) is 8.25. The Balaban J connectivity index is 3.45. The van der Waals surface area contributed by atoms with Gasteiger partial charge in [0.2, 0.25) is 0 Å². The SMILES string of the molecule is C[N+](C)(C)NC(=O)CCCCCCCCC(=O)N[N+](C)(C)C. The third kappa shape index (κ3) is 15.3. The van der Waals surface area contributed by atoms with Gasteiger partial charge in [-0.15, -0.1) is 0 Å². The maximum atomic E-state index is 11.6. The summed E-state index contributed by atoms with van der Waals surface area (Å²) in [6.45, 7) is 0. The van der Waals surface area contributed by atoms with Crippen LogP contribution in [-0.2, 0) is 9.59 Å². The Kier molecular flexibility index (Phi) is 9.28. The van der Waals surface area contributed by atoms with Crippen LogP contribution in [0.25, 0.3) is 0 Å². The van der Waals surface area contributed by atoms with E-state index in [2.05, 4.69) is 10.9 Å². The van der Waals surface area contributed by atoms with Crippen molar-refractivity contribution in [2.75, 3.05) is 42.3 Å². The van der Waals surface area contributed by atoms with Crippen molar-refractivity contribution in [3.8, 4) is 0 Å². The molecule has 0 saturated carbocycles. The maximum Gasteiger partial charge on any atom is 0.264 e. The molecule has 0 rings (SSSR count). The molecule has 0 aliphatic carbocycles. The lowest BCUT2D eigenvalue weighted by Crippen LogP contribution is -2.51. The van der Waals surface area contributed by atoms with Crippen LogP contribution in [0, 0.1) is 0 Å². The highest BCUT2D eigenvalue weighted by Crippen LogP contribution is 2.09.